The smallest absolute Gasteiger partial charge is 0.411 e. The highest BCUT2D eigenvalue weighted by molar-refractivity contribution is 5.85. The largest absolute Gasteiger partial charge is 0.479 e. The number of halogens is 3. The predicted molar refractivity (Wildman–Crippen MR) is 71.3 cm³/mol. The molecule has 0 heterocycles. The summed E-state index contributed by atoms with van der Waals surface area (Å²) in [5.74, 6) is -2.25. The standard InChI is InChI=1S/C14H16F3NO4/c1-8-3-4-10(5-9(8)2)12(13(20)21)18-11(19)6-22-7-14(15,16)17/h3-5,12H,6-7H2,1-2H3,(H,18,19)(H,20,21). The first-order valence-electron chi connectivity index (χ1n) is 6.34. The Morgan fingerprint density at radius 2 is 1.91 bits per heavy atom. The third-order valence-corrected chi connectivity index (χ3v) is 2.92. The van der Waals surface area contributed by atoms with Crippen molar-refractivity contribution >= 4 is 11.9 Å². The monoisotopic (exact) mass is 319 g/mol. The van der Waals surface area contributed by atoms with Gasteiger partial charge in [0.2, 0.25) is 5.91 Å². The number of carboxylic acid groups (broad SMARTS) is 1. The molecule has 0 radical (unpaired) electrons. The molecule has 1 rings (SSSR count). The lowest BCUT2D eigenvalue weighted by Gasteiger charge is -2.16. The van der Waals surface area contributed by atoms with E-state index in [2.05, 4.69) is 10.1 Å². The van der Waals surface area contributed by atoms with E-state index < -0.39 is 37.3 Å². The average Bonchev–Trinajstić information content (AvgIpc) is 2.37. The van der Waals surface area contributed by atoms with Gasteiger partial charge in [-0.25, -0.2) is 4.79 Å². The van der Waals surface area contributed by atoms with E-state index in [0.717, 1.165) is 11.1 Å². The normalized spacial score (nSPS) is 12.8. The maximum atomic E-state index is 11.9. The van der Waals surface area contributed by atoms with Crippen LogP contribution in [0.5, 0.6) is 0 Å². The van der Waals surface area contributed by atoms with Gasteiger partial charge in [0.1, 0.15) is 13.2 Å². The average molecular weight is 319 g/mol. The maximum Gasteiger partial charge on any atom is 0.411 e. The number of hydrogen-bond acceptors (Lipinski definition) is 3. The second-order valence-electron chi connectivity index (χ2n) is 4.79. The van der Waals surface area contributed by atoms with Crippen molar-refractivity contribution in [3.05, 3.63) is 34.9 Å². The van der Waals surface area contributed by atoms with Crippen molar-refractivity contribution in [3.8, 4) is 0 Å². The third kappa shape index (κ3) is 5.72. The number of carboxylic acids is 1. The van der Waals surface area contributed by atoms with E-state index in [0.29, 0.717) is 5.56 Å². The van der Waals surface area contributed by atoms with Crippen molar-refractivity contribution in [2.24, 2.45) is 0 Å². The number of alkyl halides is 3. The zero-order valence-electron chi connectivity index (χ0n) is 12.0. The van der Waals surface area contributed by atoms with E-state index in [9.17, 15) is 22.8 Å². The van der Waals surface area contributed by atoms with Crippen LogP contribution in [0.3, 0.4) is 0 Å². The van der Waals surface area contributed by atoms with Crippen LogP contribution in [0.15, 0.2) is 18.2 Å². The lowest BCUT2D eigenvalue weighted by atomic mass is 10.0. The number of aliphatic carboxylic acids is 1. The first kappa shape index (κ1) is 18.0. The highest BCUT2D eigenvalue weighted by Gasteiger charge is 2.28. The molecule has 0 aliphatic carbocycles. The van der Waals surface area contributed by atoms with Crippen LogP contribution < -0.4 is 5.32 Å². The van der Waals surface area contributed by atoms with E-state index in [1.165, 1.54) is 6.07 Å². The molecule has 1 amide bonds. The highest BCUT2D eigenvalue weighted by atomic mass is 19.4. The second kappa shape index (κ2) is 7.26. The number of carbonyl (C=O) groups excluding carboxylic acids is 1. The van der Waals surface area contributed by atoms with Gasteiger partial charge in [-0.2, -0.15) is 13.2 Å². The van der Waals surface area contributed by atoms with Gasteiger partial charge in [-0.3, -0.25) is 4.79 Å². The molecule has 22 heavy (non-hydrogen) atoms. The molecule has 0 aliphatic heterocycles. The summed E-state index contributed by atoms with van der Waals surface area (Å²) in [6.07, 6.45) is -4.54. The summed E-state index contributed by atoms with van der Waals surface area (Å²) in [4.78, 5) is 22.7. The summed E-state index contributed by atoms with van der Waals surface area (Å²) in [6.45, 7) is 1.19. The fraction of sp³-hybridized carbons (Fsp3) is 0.429. The number of carbonyl (C=O) groups is 2. The minimum Gasteiger partial charge on any atom is -0.479 e. The summed E-state index contributed by atoms with van der Waals surface area (Å²) in [7, 11) is 0. The molecule has 5 nitrogen and oxygen atoms in total. The van der Waals surface area contributed by atoms with Gasteiger partial charge in [-0.15, -0.1) is 0 Å². The maximum absolute atomic E-state index is 11.9. The molecule has 0 bridgehead atoms. The first-order chi connectivity index (χ1) is 10.1. The zero-order valence-corrected chi connectivity index (χ0v) is 12.0. The lowest BCUT2D eigenvalue weighted by Crippen LogP contribution is -2.36. The van der Waals surface area contributed by atoms with Gasteiger partial charge in [0.25, 0.3) is 0 Å². The fourth-order valence-corrected chi connectivity index (χ4v) is 1.69. The number of amides is 1. The van der Waals surface area contributed by atoms with Crippen LogP contribution in [0.1, 0.15) is 22.7 Å². The molecule has 8 heteroatoms. The number of benzene rings is 1. The Morgan fingerprint density at radius 1 is 1.27 bits per heavy atom. The summed E-state index contributed by atoms with van der Waals surface area (Å²) in [6, 6.07) is 3.50. The quantitative estimate of drug-likeness (QED) is 0.842. The first-order valence-corrected chi connectivity index (χ1v) is 6.34. The Labute approximate surface area is 125 Å². The topological polar surface area (TPSA) is 75.6 Å². The Bertz CT molecular complexity index is 558. The molecular formula is C14H16F3NO4. The zero-order chi connectivity index (χ0) is 16.9. The van der Waals surface area contributed by atoms with Gasteiger partial charge in [-0.1, -0.05) is 18.2 Å². The number of nitrogens with one attached hydrogen (secondary N) is 1. The van der Waals surface area contributed by atoms with Gasteiger partial charge in [0.05, 0.1) is 0 Å². The molecule has 0 aromatic heterocycles. The van der Waals surface area contributed by atoms with Crippen LogP contribution in [-0.2, 0) is 14.3 Å². The molecule has 2 N–H and O–H groups in total. The van der Waals surface area contributed by atoms with Crippen LogP contribution in [0.2, 0.25) is 0 Å². The van der Waals surface area contributed by atoms with Crippen LogP contribution in [0.4, 0.5) is 13.2 Å². The van der Waals surface area contributed by atoms with Crippen LogP contribution in [0.25, 0.3) is 0 Å². The van der Waals surface area contributed by atoms with Gasteiger partial charge in [0, 0.05) is 0 Å². The van der Waals surface area contributed by atoms with E-state index in [4.69, 9.17) is 5.11 Å². The molecule has 0 saturated heterocycles. The van der Waals surface area contributed by atoms with Gasteiger partial charge in [-0.05, 0) is 30.5 Å². The molecule has 0 saturated carbocycles. The molecule has 1 aromatic rings. The van der Waals surface area contributed by atoms with Gasteiger partial charge in [0.15, 0.2) is 6.04 Å². The molecular weight excluding hydrogens is 303 g/mol. The molecule has 1 atom stereocenters. The Balaban J connectivity index is 2.70. The minimum absolute atomic E-state index is 0.333. The van der Waals surface area contributed by atoms with Crippen molar-refractivity contribution in [3.63, 3.8) is 0 Å². The predicted octanol–water partition coefficient (Wildman–Crippen LogP) is 2.12. The SMILES string of the molecule is Cc1ccc(C(NC(=O)COCC(F)(F)F)C(=O)O)cc1C. The van der Waals surface area contributed by atoms with Crippen molar-refractivity contribution in [2.45, 2.75) is 26.1 Å². The van der Waals surface area contributed by atoms with Crippen molar-refractivity contribution in [2.75, 3.05) is 13.2 Å². The number of rotatable bonds is 6. The Kier molecular flexibility index (Phi) is 5.92. The van der Waals surface area contributed by atoms with E-state index in [1.54, 1.807) is 19.1 Å². The summed E-state index contributed by atoms with van der Waals surface area (Å²) >= 11 is 0. The van der Waals surface area contributed by atoms with Gasteiger partial charge >= 0.3 is 12.1 Å². The summed E-state index contributed by atoms with van der Waals surface area (Å²) in [5.41, 5.74) is 2.12. The molecule has 1 unspecified atom stereocenters. The molecule has 0 aliphatic rings. The summed E-state index contributed by atoms with van der Waals surface area (Å²) < 4.78 is 39.9. The number of hydrogen-bond donors (Lipinski definition) is 2. The van der Waals surface area contributed by atoms with E-state index in [-0.39, 0.29) is 0 Å². The molecule has 0 fully saturated rings. The number of aryl methyl sites for hydroxylation is 2. The number of ether oxygens (including phenoxy) is 1. The Hall–Kier alpha value is -2.09. The third-order valence-electron chi connectivity index (χ3n) is 2.92. The second-order valence-corrected chi connectivity index (χ2v) is 4.79. The summed E-state index contributed by atoms with van der Waals surface area (Å²) in [5, 5.41) is 11.3. The van der Waals surface area contributed by atoms with Crippen molar-refractivity contribution in [1.82, 2.24) is 5.32 Å². The molecule has 1 aromatic carbocycles. The molecule has 122 valence electrons. The Morgan fingerprint density at radius 3 is 2.41 bits per heavy atom. The van der Waals surface area contributed by atoms with Crippen molar-refractivity contribution in [1.29, 1.82) is 0 Å². The van der Waals surface area contributed by atoms with E-state index in [1.807, 2.05) is 6.92 Å². The van der Waals surface area contributed by atoms with Crippen LogP contribution in [-0.4, -0.2) is 36.4 Å². The van der Waals surface area contributed by atoms with Gasteiger partial charge < -0.3 is 15.2 Å². The highest BCUT2D eigenvalue weighted by Crippen LogP contribution is 2.18. The van der Waals surface area contributed by atoms with Crippen LogP contribution in [0, 0.1) is 13.8 Å². The fourth-order valence-electron chi connectivity index (χ4n) is 1.69. The van der Waals surface area contributed by atoms with E-state index >= 15 is 0 Å². The minimum atomic E-state index is -4.54. The van der Waals surface area contributed by atoms with Crippen LogP contribution >= 0.6 is 0 Å². The lowest BCUT2D eigenvalue weighted by molar-refractivity contribution is -0.176. The van der Waals surface area contributed by atoms with Crippen molar-refractivity contribution < 1.29 is 32.6 Å². The molecule has 0 spiro atoms.